The van der Waals surface area contributed by atoms with Crippen molar-refractivity contribution in [2.75, 3.05) is 5.32 Å². The summed E-state index contributed by atoms with van der Waals surface area (Å²) in [5, 5.41) is 4.23. The molecule has 0 aliphatic heterocycles. The van der Waals surface area contributed by atoms with E-state index in [1.54, 1.807) is 11.8 Å². The van der Waals surface area contributed by atoms with Gasteiger partial charge >= 0.3 is 0 Å². The normalized spacial score (nSPS) is 15.3. The number of carbonyl (C=O) groups is 1. The first-order valence-electron chi connectivity index (χ1n) is 8.60. The van der Waals surface area contributed by atoms with E-state index >= 15 is 0 Å². The average Bonchev–Trinajstić information content (AvgIpc) is 3.07. The molecule has 1 aliphatic carbocycles. The van der Waals surface area contributed by atoms with Crippen LogP contribution in [0.15, 0.2) is 35.5 Å². The van der Waals surface area contributed by atoms with Crippen LogP contribution in [0.4, 0.5) is 5.13 Å². The highest BCUT2D eigenvalue weighted by atomic mass is 32.2. The number of hydrogen-bond acceptors (Lipinski definition) is 5. The zero-order valence-corrected chi connectivity index (χ0v) is 15.4. The molecule has 1 aliphatic rings. The fraction of sp³-hybridized carbons (Fsp3) is 0.500. The number of thioether (sulfide) groups is 1. The summed E-state index contributed by atoms with van der Waals surface area (Å²) in [6.07, 6.45) is 8.17. The molecule has 0 unspecified atom stereocenters. The zero-order chi connectivity index (χ0) is 16.6. The van der Waals surface area contributed by atoms with Gasteiger partial charge in [-0.15, -0.1) is 0 Å². The molecule has 1 N–H and O–H groups in total. The van der Waals surface area contributed by atoms with E-state index in [9.17, 15) is 4.79 Å². The molecule has 3 rings (SSSR count). The maximum Gasteiger partial charge on any atom is 0.226 e. The summed E-state index contributed by atoms with van der Waals surface area (Å²) in [4.78, 5) is 16.5. The number of carbonyl (C=O) groups excluding carboxylic acids is 1. The predicted octanol–water partition coefficient (Wildman–Crippen LogP) is 5.13. The third-order valence-electron chi connectivity index (χ3n) is 4.37. The van der Waals surface area contributed by atoms with Crippen molar-refractivity contribution in [2.24, 2.45) is 5.92 Å². The van der Waals surface area contributed by atoms with Crippen LogP contribution in [-0.4, -0.2) is 15.3 Å². The van der Waals surface area contributed by atoms with Crippen molar-refractivity contribution in [2.45, 2.75) is 55.9 Å². The standard InChI is InChI=1S/C18H23N3OS2/c22-16(12-11-14-7-3-1-4-8-14)19-17-20-18(21-24-17)23-13-15-9-5-2-6-10-15/h2,5-6,9-10,14H,1,3-4,7-8,11-13H2,(H,19,20,21,22). The second-order valence-electron chi connectivity index (χ2n) is 6.25. The van der Waals surface area contributed by atoms with Gasteiger partial charge in [0.2, 0.25) is 16.2 Å². The van der Waals surface area contributed by atoms with Crippen LogP contribution in [0.5, 0.6) is 0 Å². The van der Waals surface area contributed by atoms with Crippen LogP contribution in [0.2, 0.25) is 0 Å². The summed E-state index contributed by atoms with van der Waals surface area (Å²) in [7, 11) is 0. The molecule has 0 spiro atoms. The highest BCUT2D eigenvalue weighted by Crippen LogP contribution is 2.28. The topological polar surface area (TPSA) is 54.9 Å². The van der Waals surface area contributed by atoms with Crippen LogP contribution in [-0.2, 0) is 10.5 Å². The summed E-state index contributed by atoms with van der Waals surface area (Å²) in [5.74, 6) is 1.64. The number of nitrogens with one attached hydrogen (secondary N) is 1. The molecule has 4 nitrogen and oxygen atoms in total. The van der Waals surface area contributed by atoms with Crippen molar-refractivity contribution >= 4 is 34.3 Å². The predicted molar refractivity (Wildman–Crippen MR) is 100 cm³/mol. The van der Waals surface area contributed by atoms with E-state index in [0.29, 0.717) is 11.6 Å². The molecule has 1 saturated carbocycles. The first-order chi connectivity index (χ1) is 11.8. The molecule has 1 amide bonds. The van der Waals surface area contributed by atoms with E-state index in [-0.39, 0.29) is 5.91 Å². The van der Waals surface area contributed by atoms with Gasteiger partial charge in [0, 0.05) is 23.7 Å². The van der Waals surface area contributed by atoms with E-state index in [0.717, 1.165) is 23.2 Å². The van der Waals surface area contributed by atoms with Crippen molar-refractivity contribution in [1.82, 2.24) is 9.36 Å². The number of hydrogen-bond donors (Lipinski definition) is 1. The highest BCUT2D eigenvalue weighted by molar-refractivity contribution is 7.98. The molecular weight excluding hydrogens is 338 g/mol. The Morgan fingerprint density at radius 2 is 2.00 bits per heavy atom. The minimum atomic E-state index is 0.0660. The van der Waals surface area contributed by atoms with Crippen LogP contribution >= 0.6 is 23.3 Å². The average molecular weight is 362 g/mol. The van der Waals surface area contributed by atoms with Gasteiger partial charge in [-0.1, -0.05) is 74.2 Å². The van der Waals surface area contributed by atoms with Gasteiger partial charge in [-0.3, -0.25) is 4.79 Å². The number of anilines is 1. The van der Waals surface area contributed by atoms with Crippen LogP contribution in [0, 0.1) is 5.92 Å². The van der Waals surface area contributed by atoms with Crippen molar-refractivity contribution in [1.29, 1.82) is 0 Å². The van der Waals surface area contributed by atoms with Gasteiger partial charge in [-0.25, -0.2) is 0 Å². The Kier molecular flexibility index (Phi) is 6.66. The van der Waals surface area contributed by atoms with Gasteiger partial charge in [0.1, 0.15) is 0 Å². The van der Waals surface area contributed by atoms with Crippen LogP contribution < -0.4 is 5.32 Å². The molecule has 2 aromatic rings. The minimum Gasteiger partial charge on any atom is -0.301 e. The van der Waals surface area contributed by atoms with Crippen molar-refractivity contribution in [3.05, 3.63) is 35.9 Å². The van der Waals surface area contributed by atoms with Crippen LogP contribution in [0.25, 0.3) is 0 Å². The van der Waals surface area contributed by atoms with Gasteiger partial charge in [0.15, 0.2) is 0 Å². The molecule has 128 valence electrons. The third kappa shape index (κ3) is 5.60. The van der Waals surface area contributed by atoms with Gasteiger partial charge in [0.05, 0.1) is 0 Å². The number of benzene rings is 1. The molecule has 1 aromatic heterocycles. The Labute approximate surface area is 151 Å². The largest absolute Gasteiger partial charge is 0.301 e. The lowest BCUT2D eigenvalue weighted by Crippen LogP contribution is -2.14. The van der Waals surface area contributed by atoms with Gasteiger partial charge in [-0.2, -0.15) is 9.36 Å². The second kappa shape index (κ2) is 9.18. The molecule has 0 atom stereocenters. The Hall–Kier alpha value is -1.40. The lowest BCUT2D eigenvalue weighted by atomic mass is 9.86. The summed E-state index contributed by atoms with van der Waals surface area (Å²) in [6, 6.07) is 10.3. The minimum absolute atomic E-state index is 0.0660. The third-order valence-corrected chi connectivity index (χ3v) is 6.03. The molecule has 0 bridgehead atoms. The highest BCUT2D eigenvalue weighted by Gasteiger charge is 2.15. The van der Waals surface area contributed by atoms with E-state index in [1.165, 1.54) is 49.2 Å². The Morgan fingerprint density at radius 1 is 1.21 bits per heavy atom. The molecule has 1 fully saturated rings. The first-order valence-corrected chi connectivity index (χ1v) is 10.4. The van der Waals surface area contributed by atoms with E-state index < -0.39 is 0 Å². The van der Waals surface area contributed by atoms with Crippen molar-refractivity contribution in [3.8, 4) is 0 Å². The van der Waals surface area contributed by atoms with Crippen LogP contribution in [0.3, 0.4) is 0 Å². The first kappa shape index (κ1) is 17.4. The maximum atomic E-state index is 12.1. The summed E-state index contributed by atoms with van der Waals surface area (Å²) in [5.41, 5.74) is 1.25. The van der Waals surface area contributed by atoms with Gasteiger partial charge < -0.3 is 5.32 Å². The lowest BCUT2D eigenvalue weighted by Gasteiger charge is -2.20. The Morgan fingerprint density at radius 3 is 2.79 bits per heavy atom. The van der Waals surface area contributed by atoms with Gasteiger partial charge in [-0.05, 0) is 17.9 Å². The summed E-state index contributed by atoms with van der Waals surface area (Å²) < 4.78 is 4.31. The van der Waals surface area contributed by atoms with E-state index in [4.69, 9.17) is 0 Å². The smallest absolute Gasteiger partial charge is 0.226 e. The quantitative estimate of drug-likeness (QED) is 0.695. The lowest BCUT2D eigenvalue weighted by molar-refractivity contribution is -0.116. The van der Waals surface area contributed by atoms with Crippen LogP contribution in [0.1, 0.15) is 50.5 Å². The second-order valence-corrected chi connectivity index (χ2v) is 7.94. The maximum absolute atomic E-state index is 12.1. The Balaban J connectivity index is 1.40. The van der Waals surface area contributed by atoms with E-state index in [1.807, 2.05) is 18.2 Å². The molecule has 1 heterocycles. The molecule has 0 saturated heterocycles. The fourth-order valence-electron chi connectivity index (χ4n) is 3.03. The fourth-order valence-corrected chi connectivity index (χ4v) is 4.55. The molecule has 6 heteroatoms. The van der Waals surface area contributed by atoms with E-state index in [2.05, 4.69) is 26.8 Å². The summed E-state index contributed by atoms with van der Waals surface area (Å²) >= 11 is 2.85. The van der Waals surface area contributed by atoms with Gasteiger partial charge in [0.25, 0.3) is 0 Å². The van der Waals surface area contributed by atoms with Crippen molar-refractivity contribution in [3.63, 3.8) is 0 Å². The summed E-state index contributed by atoms with van der Waals surface area (Å²) in [6.45, 7) is 0. The Bertz CT molecular complexity index is 639. The monoisotopic (exact) mass is 361 g/mol. The van der Waals surface area contributed by atoms with Crippen molar-refractivity contribution < 1.29 is 4.79 Å². The number of rotatable bonds is 7. The number of amides is 1. The zero-order valence-electron chi connectivity index (χ0n) is 13.7. The number of aromatic nitrogens is 2. The molecule has 24 heavy (non-hydrogen) atoms. The SMILES string of the molecule is O=C(CCC1CCCCC1)Nc1nc(SCc2ccccc2)ns1. The molecular formula is C18H23N3OS2. The number of nitrogens with zero attached hydrogens (tertiary/aromatic N) is 2. The molecule has 1 aromatic carbocycles. The molecule has 0 radical (unpaired) electrons.